The first-order valence-corrected chi connectivity index (χ1v) is 9.77. The van der Waals surface area contributed by atoms with Gasteiger partial charge in [-0.15, -0.1) is 10.2 Å². The van der Waals surface area contributed by atoms with Crippen molar-refractivity contribution in [1.29, 1.82) is 0 Å². The topological polar surface area (TPSA) is 85.8 Å². The van der Waals surface area contributed by atoms with E-state index in [0.29, 0.717) is 22.4 Å². The molecule has 0 saturated heterocycles. The molecular weight excluding hydrogens is 378 g/mol. The molecule has 2 heterocycles. The lowest BCUT2D eigenvalue weighted by Crippen LogP contribution is -2.38. The molecule has 28 heavy (non-hydrogen) atoms. The maximum Gasteiger partial charge on any atom is 0.266 e. The molecule has 2 unspecified atom stereocenters. The number of aryl methyl sites for hydroxylation is 2. The average Bonchev–Trinajstić information content (AvgIpc) is 3.28. The number of nitrogens with zero attached hydrogens (tertiary/aromatic N) is 4. The smallest absolute Gasteiger partial charge is 0.266 e. The highest BCUT2D eigenvalue weighted by Crippen LogP contribution is 2.34. The lowest BCUT2D eigenvalue weighted by atomic mass is 9.85. The van der Waals surface area contributed by atoms with Crippen LogP contribution in [0.15, 0.2) is 35.0 Å². The Morgan fingerprint density at radius 1 is 1.32 bits per heavy atom. The Labute approximate surface area is 168 Å². The van der Waals surface area contributed by atoms with Crippen LogP contribution in [0.3, 0.4) is 0 Å². The van der Waals surface area contributed by atoms with Gasteiger partial charge in [0.05, 0.1) is 12.0 Å². The molecule has 1 aliphatic rings. The predicted molar refractivity (Wildman–Crippen MR) is 105 cm³/mol. The first-order valence-electron chi connectivity index (χ1n) is 9.39. The Hall–Kier alpha value is -2.67. The molecule has 7 nitrogen and oxygen atoms in total. The second-order valence-corrected chi connectivity index (χ2v) is 7.72. The van der Waals surface area contributed by atoms with E-state index < -0.39 is 0 Å². The van der Waals surface area contributed by atoms with Crippen LogP contribution in [0.2, 0.25) is 5.02 Å². The van der Waals surface area contributed by atoms with E-state index in [4.69, 9.17) is 16.0 Å². The molecule has 1 saturated carbocycles. The second kappa shape index (κ2) is 7.75. The van der Waals surface area contributed by atoms with Crippen LogP contribution >= 0.6 is 11.6 Å². The Bertz CT molecular complexity index is 977. The fourth-order valence-electron chi connectivity index (χ4n) is 3.79. The highest BCUT2D eigenvalue weighted by molar-refractivity contribution is 6.30. The summed E-state index contributed by atoms with van der Waals surface area (Å²) in [4.78, 5) is 16.8. The van der Waals surface area contributed by atoms with E-state index in [-0.39, 0.29) is 17.9 Å². The van der Waals surface area contributed by atoms with Crippen molar-refractivity contribution in [2.24, 2.45) is 7.05 Å². The van der Waals surface area contributed by atoms with Crippen LogP contribution < -0.4 is 5.32 Å². The third-order valence-electron chi connectivity index (χ3n) is 5.21. The molecule has 4 rings (SSSR count). The molecule has 1 amide bonds. The molecule has 1 aromatic carbocycles. The van der Waals surface area contributed by atoms with Gasteiger partial charge >= 0.3 is 0 Å². The second-order valence-electron chi connectivity index (χ2n) is 7.28. The van der Waals surface area contributed by atoms with E-state index in [0.717, 1.165) is 37.1 Å². The van der Waals surface area contributed by atoms with Crippen LogP contribution in [-0.4, -0.2) is 31.7 Å². The van der Waals surface area contributed by atoms with Crippen LogP contribution in [0.1, 0.15) is 53.5 Å². The predicted octanol–water partition coefficient (Wildman–Crippen LogP) is 3.89. The molecular formula is C20H22ClN5O2. The molecule has 8 heteroatoms. The number of nitrogens with one attached hydrogen (secondary N) is 1. The number of imidazole rings is 1. The van der Waals surface area contributed by atoms with Crippen molar-refractivity contribution in [1.82, 2.24) is 25.1 Å². The summed E-state index contributed by atoms with van der Waals surface area (Å²) in [6.45, 7) is 1.92. The zero-order valence-corrected chi connectivity index (χ0v) is 16.6. The Morgan fingerprint density at radius 3 is 2.93 bits per heavy atom. The van der Waals surface area contributed by atoms with Gasteiger partial charge in [0, 0.05) is 29.6 Å². The number of halogens is 1. The lowest BCUT2D eigenvalue weighted by Gasteiger charge is -2.27. The van der Waals surface area contributed by atoms with Crippen LogP contribution in [0.4, 0.5) is 0 Å². The fraction of sp³-hybridized carbons (Fsp3) is 0.400. The van der Waals surface area contributed by atoms with Gasteiger partial charge in [-0.3, -0.25) is 4.79 Å². The molecule has 2 aromatic heterocycles. The summed E-state index contributed by atoms with van der Waals surface area (Å²) in [5.74, 6) is 1.13. The number of carbonyl (C=O) groups excluding carboxylic acids is 1. The van der Waals surface area contributed by atoms with E-state index in [2.05, 4.69) is 20.5 Å². The quantitative estimate of drug-likeness (QED) is 0.719. The first kappa shape index (κ1) is 18.7. The van der Waals surface area contributed by atoms with Crippen molar-refractivity contribution in [3.63, 3.8) is 0 Å². The Balaban J connectivity index is 1.45. The van der Waals surface area contributed by atoms with Crippen LogP contribution in [0.5, 0.6) is 0 Å². The molecule has 0 radical (unpaired) electrons. The van der Waals surface area contributed by atoms with E-state index in [9.17, 15) is 4.79 Å². The van der Waals surface area contributed by atoms with Crippen molar-refractivity contribution >= 4 is 17.5 Å². The van der Waals surface area contributed by atoms with E-state index in [1.165, 1.54) is 0 Å². The number of hydrogen-bond acceptors (Lipinski definition) is 5. The molecule has 3 aromatic rings. The third kappa shape index (κ3) is 3.80. The molecule has 0 bridgehead atoms. The SMILES string of the molecule is Cc1ncn(C)c1-c1nnc(C2CCCC(NC(=O)c3cccc(Cl)c3)C2)o1. The highest BCUT2D eigenvalue weighted by Gasteiger charge is 2.29. The largest absolute Gasteiger partial charge is 0.419 e. The van der Waals surface area contributed by atoms with Gasteiger partial charge in [-0.1, -0.05) is 24.1 Å². The van der Waals surface area contributed by atoms with Gasteiger partial charge in [0.25, 0.3) is 11.8 Å². The van der Waals surface area contributed by atoms with Crippen molar-refractivity contribution in [2.45, 2.75) is 44.6 Å². The van der Waals surface area contributed by atoms with Gasteiger partial charge in [0.2, 0.25) is 5.89 Å². The van der Waals surface area contributed by atoms with Gasteiger partial charge in [-0.05, 0) is 44.4 Å². The van der Waals surface area contributed by atoms with E-state index in [1.54, 1.807) is 30.6 Å². The van der Waals surface area contributed by atoms with Crippen molar-refractivity contribution in [3.05, 3.63) is 52.8 Å². The average molecular weight is 400 g/mol. The third-order valence-corrected chi connectivity index (χ3v) is 5.44. The van der Waals surface area contributed by atoms with Gasteiger partial charge in [0.15, 0.2) is 0 Å². The minimum Gasteiger partial charge on any atom is -0.419 e. The number of aromatic nitrogens is 4. The first-order chi connectivity index (χ1) is 13.5. The Morgan fingerprint density at radius 2 is 2.18 bits per heavy atom. The molecule has 146 valence electrons. The standard InChI is InChI=1S/C20H22ClN5O2/c1-12-17(26(2)11-22-12)20-25-24-19(28-20)14-6-4-8-16(10-14)23-18(27)13-5-3-7-15(21)9-13/h3,5,7,9,11,14,16H,4,6,8,10H2,1-2H3,(H,23,27). The number of amides is 1. The van der Waals surface area contributed by atoms with Crippen molar-refractivity contribution in [2.75, 3.05) is 0 Å². The molecule has 1 aliphatic carbocycles. The minimum atomic E-state index is -0.107. The normalized spacial score (nSPS) is 19.5. The number of hydrogen-bond donors (Lipinski definition) is 1. The maximum absolute atomic E-state index is 12.5. The summed E-state index contributed by atoms with van der Waals surface area (Å²) in [6.07, 6.45) is 5.41. The van der Waals surface area contributed by atoms with E-state index in [1.807, 2.05) is 18.5 Å². The number of benzene rings is 1. The van der Waals surface area contributed by atoms with Gasteiger partial charge in [-0.25, -0.2) is 4.98 Å². The lowest BCUT2D eigenvalue weighted by molar-refractivity contribution is 0.0923. The number of carbonyl (C=O) groups is 1. The summed E-state index contributed by atoms with van der Waals surface area (Å²) in [5.41, 5.74) is 2.26. The van der Waals surface area contributed by atoms with Crippen molar-refractivity contribution in [3.8, 4) is 11.6 Å². The molecule has 2 atom stereocenters. The molecule has 0 spiro atoms. The van der Waals surface area contributed by atoms with Gasteiger partial charge in [-0.2, -0.15) is 0 Å². The highest BCUT2D eigenvalue weighted by atomic mass is 35.5. The number of rotatable bonds is 4. The summed E-state index contributed by atoms with van der Waals surface area (Å²) < 4.78 is 7.85. The minimum absolute atomic E-state index is 0.0685. The molecule has 1 fully saturated rings. The zero-order chi connectivity index (χ0) is 19.7. The molecule has 1 N–H and O–H groups in total. The van der Waals surface area contributed by atoms with Crippen LogP contribution in [-0.2, 0) is 7.05 Å². The van der Waals surface area contributed by atoms with Gasteiger partial charge < -0.3 is 14.3 Å². The summed E-state index contributed by atoms with van der Waals surface area (Å²) in [5, 5.41) is 12.2. The summed E-state index contributed by atoms with van der Waals surface area (Å²) >= 11 is 5.99. The zero-order valence-electron chi connectivity index (χ0n) is 15.9. The van der Waals surface area contributed by atoms with Crippen LogP contribution in [0.25, 0.3) is 11.6 Å². The molecule has 0 aliphatic heterocycles. The summed E-state index contributed by atoms with van der Waals surface area (Å²) in [7, 11) is 1.90. The monoisotopic (exact) mass is 399 g/mol. The van der Waals surface area contributed by atoms with E-state index >= 15 is 0 Å². The Kier molecular flexibility index (Phi) is 5.17. The summed E-state index contributed by atoms with van der Waals surface area (Å²) in [6, 6.07) is 7.05. The van der Waals surface area contributed by atoms with Gasteiger partial charge in [0.1, 0.15) is 5.69 Å². The maximum atomic E-state index is 12.5. The fourth-order valence-corrected chi connectivity index (χ4v) is 3.98. The van der Waals surface area contributed by atoms with Crippen LogP contribution in [0, 0.1) is 6.92 Å². The van der Waals surface area contributed by atoms with Crippen molar-refractivity contribution < 1.29 is 9.21 Å².